The lowest BCUT2D eigenvalue weighted by Gasteiger charge is -2.00. The number of fused-ring (bicyclic) bond motifs is 1. The number of carbonyl (C=O) groups excluding carboxylic acids is 1. The number of thiazole rings is 1. The largest absolute Gasteiger partial charge is 0.312 e. The highest BCUT2D eigenvalue weighted by Crippen LogP contribution is 2.22. The van der Waals surface area contributed by atoms with Gasteiger partial charge in [-0.15, -0.1) is 6.58 Å². The molecule has 23 heavy (non-hydrogen) atoms. The summed E-state index contributed by atoms with van der Waals surface area (Å²) in [5.41, 5.74) is 1.32. The third-order valence-electron chi connectivity index (χ3n) is 3.34. The van der Waals surface area contributed by atoms with Gasteiger partial charge in [-0.25, -0.2) is 0 Å². The second-order valence-corrected chi connectivity index (χ2v) is 6.32. The Labute approximate surface area is 142 Å². The smallest absolute Gasteiger partial charge is 0.300 e. The first-order valence-corrected chi connectivity index (χ1v) is 8.34. The van der Waals surface area contributed by atoms with E-state index in [2.05, 4.69) is 16.7 Å². The molecule has 5 nitrogen and oxygen atoms in total. The molecule has 1 amide bonds. The fourth-order valence-corrected chi connectivity index (χ4v) is 3.55. The van der Waals surface area contributed by atoms with Gasteiger partial charge in [0, 0.05) is 24.3 Å². The second-order valence-electron chi connectivity index (χ2n) is 4.87. The average Bonchev–Trinajstić information content (AvgIpc) is 3.13. The van der Waals surface area contributed by atoms with Crippen molar-refractivity contribution in [1.29, 1.82) is 0 Å². The van der Waals surface area contributed by atoms with Gasteiger partial charge in [0.15, 0.2) is 10.5 Å². The molecular formula is C16H15ClN4OS. The number of allylic oxidation sites excluding steroid dienone is 1. The van der Waals surface area contributed by atoms with Gasteiger partial charge in [-0.1, -0.05) is 29.0 Å². The zero-order valence-corrected chi connectivity index (χ0v) is 14.1. The highest BCUT2D eigenvalue weighted by molar-refractivity contribution is 7.16. The molecule has 1 aromatic carbocycles. The van der Waals surface area contributed by atoms with Gasteiger partial charge in [-0.2, -0.15) is 10.1 Å². The minimum Gasteiger partial charge on any atom is -0.312 e. The van der Waals surface area contributed by atoms with E-state index >= 15 is 0 Å². The number of amides is 1. The van der Waals surface area contributed by atoms with E-state index in [1.165, 1.54) is 11.3 Å². The number of hydrogen-bond donors (Lipinski definition) is 0. The summed E-state index contributed by atoms with van der Waals surface area (Å²) < 4.78 is 4.62. The Morgan fingerprint density at radius 3 is 3.00 bits per heavy atom. The van der Waals surface area contributed by atoms with Crippen molar-refractivity contribution in [1.82, 2.24) is 14.3 Å². The fourth-order valence-electron chi connectivity index (χ4n) is 2.23. The van der Waals surface area contributed by atoms with Crippen LogP contribution in [-0.2, 0) is 13.1 Å². The van der Waals surface area contributed by atoms with Gasteiger partial charge >= 0.3 is 0 Å². The highest BCUT2D eigenvalue weighted by atomic mass is 35.5. The molecule has 0 aliphatic carbocycles. The number of aryl methyl sites for hydroxylation is 1. The normalized spacial score (nSPS) is 12.0. The molecule has 2 heterocycles. The zero-order valence-electron chi connectivity index (χ0n) is 12.6. The monoisotopic (exact) mass is 346 g/mol. The van der Waals surface area contributed by atoms with E-state index in [0.717, 1.165) is 10.2 Å². The molecule has 0 spiro atoms. The van der Waals surface area contributed by atoms with Gasteiger partial charge in [0.25, 0.3) is 5.91 Å². The number of rotatable bonds is 4. The molecule has 118 valence electrons. The van der Waals surface area contributed by atoms with Gasteiger partial charge in [-0.05, 0) is 31.2 Å². The molecule has 7 heteroatoms. The SMILES string of the molecule is C=CCn1c(=NC(=O)c2ccn(CC)n2)sc2cc(Cl)ccc21. The summed E-state index contributed by atoms with van der Waals surface area (Å²) in [4.78, 5) is 17.2. The van der Waals surface area contributed by atoms with Crippen molar-refractivity contribution in [3.05, 3.63) is 58.6 Å². The number of halogens is 1. The maximum absolute atomic E-state index is 12.3. The molecule has 3 aromatic rings. The molecule has 0 aliphatic heterocycles. The maximum atomic E-state index is 12.3. The average molecular weight is 347 g/mol. The van der Waals surface area contributed by atoms with Crippen molar-refractivity contribution in [2.45, 2.75) is 20.0 Å². The topological polar surface area (TPSA) is 52.2 Å². The number of benzene rings is 1. The van der Waals surface area contributed by atoms with Gasteiger partial charge < -0.3 is 4.57 Å². The Morgan fingerprint density at radius 1 is 1.48 bits per heavy atom. The van der Waals surface area contributed by atoms with Crippen LogP contribution in [0.25, 0.3) is 10.2 Å². The standard InChI is InChI=1S/C16H15ClN4OS/c1-3-8-21-13-6-5-11(17)10-14(13)23-16(21)18-15(22)12-7-9-20(4-2)19-12/h3,5-7,9-10H,1,4,8H2,2H3. The molecule has 0 saturated carbocycles. The molecule has 0 N–H and O–H groups in total. The zero-order chi connectivity index (χ0) is 16.4. The summed E-state index contributed by atoms with van der Waals surface area (Å²) in [5, 5.41) is 4.85. The Hall–Kier alpha value is -2.18. The lowest BCUT2D eigenvalue weighted by Crippen LogP contribution is -2.16. The number of aromatic nitrogens is 3. The van der Waals surface area contributed by atoms with E-state index in [1.807, 2.05) is 29.7 Å². The first-order valence-electron chi connectivity index (χ1n) is 7.14. The summed E-state index contributed by atoms with van der Waals surface area (Å²) in [6, 6.07) is 7.30. The Balaban J connectivity index is 2.11. The fraction of sp³-hybridized carbons (Fsp3) is 0.188. The van der Waals surface area contributed by atoms with Crippen molar-refractivity contribution >= 4 is 39.1 Å². The maximum Gasteiger partial charge on any atom is 0.300 e. The van der Waals surface area contributed by atoms with E-state index in [1.54, 1.807) is 23.0 Å². The summed E-state index contributed by atoms with van der Waals surface area (Å²) >= 11 is 7.47. The van der Waals surface area contributed by atoms with Crippen molar-refractivity contribution < 1.29 is 4.79 Å². The Bertz CT molecular complexity index is 951. The number of hydrogen-bond acceptors (Lipinski definition) is 3. The Kier molecular flexibility index (Phi) is 4.45. The van der Waals surface area contributed by atoms with Crippen LogP contribution < -0.4 is 4.80 Å². The van der Waals surface area contributed by atoms with Crippen molar-refractivity contribution in [2.75, 3.05) is 0 Å². The van der Waals surface area contributed by atoms with Gasteiger partial charge in [0.05, 0.1) is 10.2 Å². The predicted octanol–water partition coefficient (Wildman–Crippen LogP) is 3.50. The predicted molar refractivity (Wildman–Crippen MR) is 92.8 cm³/mol. The van der Waals surface area contributed by atoms with Crippen molar-refractivity contribution in [3.63, 3.8) is 0 Å². The van der Waals surface area contributed by atoms with Crippen LogP contribution in [0.15, 0.2) is 48.1 Å². The summed E-state index contributed by atoms with van der Waals surface area (Å²) in [6.45, 7) is 7.01. The van der Waals surface area contributed by atoms with Crippen molar-refractivity contribution in [3.8, 4) is 0 Å². The first-order chi connectivity index (χ1) is 11.1. The second kappa shape index (κ2) is 6.52. The molecule has 0 bridgehead atoms. The minimum absolute atomic E-state index is 0.340. The summed E-state index contributed by atoms with van der Waals surface area (Å²) in [5.74, 6) is -0.354. The van der Waals surface area contributed by atoms with Crippen molar-refractivity contribution in [2.24, 2.45) is 4.99 Å². The van der Waals surface area contributed by atoms with Crippen LogP contribution in [0.3, 0.4) is 0 Å². The third kappa shape index (κ3) is 3.13. The molecule has 0 fully saturated rings. The molecular weight excluding hydrogens is 332 g/mol. The van der Waals surface area contributed by atoms with E-state index in [-0.39, 0.29) is 5.91 Å². The quantitative estimate of drug-likeness (QED) is 0.679. The number of carbonyl (C=O) groups is 1. The summed E-state index contributed by atoms with van der Waals surface area (Å²) in [6.07, 6.45) is 3.54. The van der Waals surface area contributed by atoms with Crippen LogP contribution in [0.5, 0.6) is 0 Å². The van der Waals surface area contributed by atoms with Crippen LogP contribution in [0, 0.1) is 0 Å². The van der Waals surface area contributed by atoms with Crippen LogP contribution in [-0.4, -0.2) is 20.3 Å². The summed E-state index contributed by atoms with van der Waals surface area (Å²) in [7, 11) is 0. The molecule has 0 atom stereocenters. The molecule has 2 aromatic heterocycles. The van der Waals surface area contributed by atoms with E-state index in [4.69, 9.17) is 11.6 Å². The highest BCUT2D eigenvalue weighted by Gasteiger charge is 2.11. The van der Waals surface area contributed by atoms with Crippen LogP contribution in [0.2, 0.25) is 5.02 Å². The van der Waals surface area contributed by atoms with Crippen LogP contribution >= 0.6 is 22.9 Å². The molecule has 0 radical (unpaired) electrons. The Morgan fingerprint density at radius 2 is 2.30 bits per heavy atom. The van der Waals surface area contributed by atoms with Crippen LogP contribution in [0.1, 0.15) is 17.4 Å². The van der Waals surface area contributed by atoms with Gasteiger partial charge in [0.1, 0.15) is 0 Å². The molecule has 3 rings (SSSR count). The molecule has 0 saturated heterocycles. The van der Waals surface area contributed by atoms with E-state index in [9.17, 15) is 4.79 Å². The first kappa shape index (κ1) is 15.7. The lowest BCUT2D eigenvalue weighted by atomic mass is 10.3. The number of nitrogens with zero attached hydrogens (tertiary/aromatic N) is 4. The van der Waals surface area contributed by atoms with Gasteiger partial charge in [0.2, 0.25) is 0 Å². The third-order valence-corrected chi connectivity index (χ3v) is 4.61. The van der Waals surface area contributed by atoms with E-state index < -0.39 is 0 Å². The van der Waals surface area contributed by atoms with Crippen LogP contribution in [0.4, 0.5) is 0 Å². The van der Waals surface area contributed by atoms with Gasteiger partial charge in [-0.3, -0.25) is 9.48 Å². The molecule has 0 unspecified atom stereocenters. The minimum atomic E-state index is -0.354. The van der Waals surface area contributed by atoms with E-state index in [0.29, 0.717) is 28.6 Å². The lowest BCUT2D eigenvalue weighted by molar-refractivity contribution is 0.0992. The molecule has 0 aliphatic rings.